The standard InChI is InChI=1S/C14H19F2NO/c1-9(2)7-8-10(3)17-14(18)11-5-4-6-12(15)13(11)16/h4-6,9-10H,7-8H2,1-3H3,(H,17,18). The number of nitrogens with one attached hydrogen (secondary N) is 1. The predicted molar refractivity (Wildman–Crippen MR) is 67.4 cm³/mol. The normalized spacial score (nSPS) is 12.6. The van der Waals surface area contributed by atoms with Gasteiger partial charge >= 0.3 is 0 Å². The third-order valence-electron chi connectivity index (χ3n) is 2.75. The zero-order valence-corrected chi connectivity index (χ0v) is 11.0. The second-order valence-corrected chi connectivity index (χ2v) is 4.95. The Labute approximate surface area is 106 Å². The summed E-state index contributed by atoms with van der Waals surface area (Å²) in [7, 11) is 0. The average molecular weight is 255 g/mol. The topological polar surface area (TPSA) is 29.1 Å². The highest BCUT2D eigenvalue weighted by atomic mass is 19.2. The Morgan fingerprint density at radius 2 is 1.89 bits per heavy atom. The molecule has 100 valence electrons. The summed E-state index contributed by atoms with van der Waals surface area (Å²) >= 11 is 0. The lowest BCUT2D eigenvalue weighted by atomic mass is 10.0. The van der Waals surface area contributed by atoms with E-state index < -0.39 is 17.5 Å². The third-order valence-corrected chi connectivity index (χ3v) is 2.75. The summed E-state index contributed by atoms with van der Waals surface area (Å²) in [6, 6.07) is 3.55. The molecule has 0 spiro atoms. The molecule has 1 aromatic rings. The summed E-state index contributed by atoms with van der Waals surface area (Å²) in [5.41, 5.74) is -0.244. The predicted octanol–water partition coefficient (Wildman–Crippen LogP) is 3.52. The van der Waals surface area contributed by atoms with E-state index in [9.17, 15) is 13.6 Å². The van der Waals surface area contributed by atoms with Crippen molar-refractivity contribution in [1.82, 2.24) is 5.32 Å². The summed E-state index contributed by atoms with van der Waals surface area (Å²) in [5.74, 6) is -2.11. The fraction of sp³-hybridized carbons (Fsp3) is 0.500. The lowest BCUT2D eigenvalue weighted by molar-refractivity contribution is 0.0932. The molecule has 1 N–H and O–H groups in total. The molecule has 0 aliphatic rings. The Balaban J connectivity index is 2.62. The van der Waals surface area contributed by atoms with Gasteiger partial charge in [0.25, 0.3) is 5.91 Å². The minimum Gasteiger partial charge on any atom is -0.349 e. The molecule has 4 heteroatoms. The summed E-state index contributed by atoms with van der Waals surface area (Å²) in [6.07, 6.45) is 1.80. The van der Waals surface area contributed by atoms with E-state index in [0.29, 0.717) is 5.92 Å². The van der Waals surface area contributed by atoms with Crippen molar-refractivity contribution in [1.29, 1.82) is 0 Å². The summed E-state index contributed by atoms with van der Waals surface area (Å²) in [4.78, 5) is 11.8. The maximum Gasteiger partial charge on any atom is 0.254 e. The molecule has 0 heterocycles. The molecule has 0 fully saturated rings. The molecule has 0 aliphatic heterocycles. The molecular weight excluding hydrogens is 236 g/mol. The molecule has 0 radical (unpaired) electrons. The highest BCUT2D eigenvalue weighted by Crippen LogP contribution is 2.12. The lowest BCUT2D eigenvalue weighted by Gasteiger charge is -2.15. The van der Waals surface area contributed by atoms with Crippen LogP contribution in [0.25, 0.3) is 0 Å². The van der Waals surface area contributed by atoms with Gasteiger partial charge in [-0.3, -0.25) is 4.79 Å². The van der Waals surface area contributed by atoms with Crippen LogP contribution in [0.15, 0.2) is 18.2 Å². The van der Waals surface area contributed by atoms with Crippen molar-refractivity contribution < 1.29 is 13.6 Å². The van der Waals surface area contributed by atoms with Crippen molar-refractivity contribution in [3.63, 3.8) is 0 Å². The highest BCUT2D eigenvalue weighted by molar-refractivity contribution is 5.94. The van der Waals surface area contributed by atoms with Crippen molar-refractivity contribution in [3.8, 4) is 0 Å². The fourth-order valence-corrected chi connectivity index (χ4v) is 1.64. The molecule has 0 aromatic heterocycles. The largest absolute Gasteiger partial charge is 0.349 e. The first-order valence-corrected chi connectivity index (χ1v) is 6.16. The summed E-state index contributed by atoms with van der Waals surface area (Å²) < 4.78 is 26.4. The van der Waals surface area contributed by atoms with Crippen LogP contribution in [-0.4, -0.2) is 11.9 Å². The molecule has 2 nitrogen and oxygen atoms in total. The Hall–Kier alpha value is -1.45. The molecule has 0 saturated heterocycles. The number of rotatable bonds is 5. The number of hydrogen-bond donors (Lipinski definition) is 1. The first kappa shape index (κ1) is 14.6. The van der Waals surface area contributed by atoms with E-state index >= 15 is 0 Å². The maximum absolute atomic E-state index is 13.4. The molecule has 1 aromatic carbocycles. The van der Waals surface area contributed by atoms with Gasteiger partial charge in [-0.25, -0.2) is 8.78 Å². The van der Waals surface area contributed by atoms with E-state index in [2.05, 4.69) is 19.2 Å². The van der Waals surface area contributed by atoms with E-state index in [0.717, 1.165) is 18.9 Å². The van der Waals surface area contributed by atoms with Crippen LogP contribution in [0.1, 0.15) is 44.0 Å². The van der Waals surface area contributed by atoms with Gasteiger partial charge in [0.15, 0.2) is 11.6 Å². The Bertz CT molecular complexity index is 418. The molecule has 1 unspecified atom stereocenters. The van der Waals surface area contributed by atoms with Crippen LogP contribution >= 0.6 is 0 Å². The summed E-state index contributed by atoms with van der Waals surface area (Å²) in [5, 5.41) is 2.67. The van der Waals surface area contributed by atoms with Gasteiger partial charge in [-0.05, 0) is 37.8 Å². The van der Waals surface area contributed by atoms with Gasteiger partial charge in [-0.2, -0.15) is 0 Å². The van der Waals surface area contributed by atoms with E-state index in [4.69, 9.17) is 0 Å². The van der Waals surface area contributed by atoms with E-state index in [-0.39, 0.29) is 11.6 Å². The van der Waals surface area contributed by atoms with Crippen LogP contribution in [0.3, 0.4) is 0 Å². The quantitative estimate of drug-likeness (QED) is 0.857. The number of amides is 1. The van der Waals surface area contributed by atoms with Gasteiger partial charge in [-0.1, -0.05) is 19.9 Å². The Kier molecular flexibility index (Phi) is 5.25. The number of carbonyl (C=O) groups excluding carboxylic acids is 1. The van der Waals surface area contributed by atoms with Crippen molar-refractivity contribution in [2.24, 2.45) is 5.92 Å². The van der Waals surface area contributed by atoms with E-state index in [1.165, 1.54) is 12.1 Å². The van der Waals surface area contributed by atoms with E-state index in [1.54, 1.807) is 0 Å². The van der Waals surface area contributed by atoms with Crippen LogP contribution < -0.4 is 5.32 Å². The monoisotopic (exact) mass is 255 g/mol. The molecule has 0 bridgehead atoms. The minimum absolute atomic E-state index is 0.0532. The molecular formula is C14H19F2NO. The SMILES string of the molecule is CC(C)CCC(C)NC(=O)c1cccc(F)c1F. The van der Waals surface area contributed by atoms with Gasteiger partial charge in [0, 0.05) is 6.04 Å². The Morgan fingerprint density at radius 3 is 2.50 bits per heavy atom. The number of carbonyl (C=O) groups is 1. The van der Waals surface area contributed by atoms with Gasteiger partial charge in [0.2, 0.25) is 0 Å². The number of benzene rings is 1. The molecule has 1 rings (SSSR count). The first-order valence-electron chi connectivity index (χ1n) is 6.16. The van der Waals surface area contributed by atoms with Gasteiger partial charge < -0.3 is 5.32 Å². The maximum atomic E-state index is 13.4. The molecule has 18 heavy (non-hydrogen) atoms. The summed E-state index contributed by atoms with van der Waals surface area (Å²) in [6.45, 7) is 6.05. The van der Waals surface area contributed by atoms with Gasteiger partial charge in [0.1, 0.15) is 0 Å². The molecule has 1 atom stereocenters. The van der Waals surface area contributed by atoms with Gasteiger partial charge in [0.05, 0.1) is 5.56 Å². The molecule has 0 saturated carbocycles. The van der Waals surface area contributed by atoms with Crippen molar-refractivity contribution in [2.75, 3.05) is 0 Å². The second-order valence-electron chi connectivity index (χ2n) is 4.95. The number of hydrogen-bond acceptors (Lipinski definition) is 1. The average Bonchev–Trinajstić information content (AvgIpc) is 2.30. The van der Waals surface area contributed by atoms with Crippen molar-refractivity contribution in [3.05, 3.63) is 35.4 Å². The second kappa shape index (κ2) is 6.47. The van der Waals surface area contributed by atoms with Crippen LogP contribution in [0.5, 0.6) is 0 Å². The van der Waals surface area contributed by atoms with E-state index in [1.807, 2.05) is 6.92 Å². The zero-order chi connectivity index (χ0) is 13.7. The van der Waals surface area contributed by atoms with Crippen LogP contribution in [0.2, 0.25) is 0 Å². The van der Waals surface area contributed by atoms with Crippen LogP contribution in [0.4, 0.5) is 8.78 Å². The molecule has 1 amide bonds. The van der Waals surface area contributed by atoms with Gasteiger partial charge in [-0.15, -0.1) is 0 Å². The minimum atomic E-state index is -1.09. The molecule has 0 aliphatic carbocycles. The zero-order valence-electron chi connectivity index (χ0n) is 11.0. The first-order chi connectivity index (χ1) is 8.41. The Morgan fingerprint density at radius 1 is 1.22 bits per heavy atom. The number of halogens is 2. The van der Waals surface area contributed by atoms with Crippen molar-refractivity contribution >= 4 is 5.91 Å². The highest BCUT2D eigenvalue weighted by Gasteiger charge is 2.16. The third kappa shape index (κ3) is 4.09. The van der Waals surface area contributed by atoms with Crippen molar-refractivity contribution in [2.45, 2.75) is 39.7 Å². The fourth-order valence-electron chi connectivity index (χ4n) is 1.64. The van der Waals surface area contributed by atoms with Crippen LogP contribution in [0, 0.1) is 17.6 Å². The lowest BCUT2D eigenvalue weighted by Crippen LogP contribution is -2.33. The van der Waals surface area contributed by atoms with Crippen LogP contribution in [-0.2, 0) is 0 Å². The smallest absolute Gasteiger partial charge is 0.254 e.